The first-order valence-electron chi connectivity index (χ1n) is 16.0. The Morgan fingerprint density at radius 1 is 0.638 bits per heavy atom. The summed E-state index contributed by atoms with van der Waals surface area (Å²) in [6, 6.07) is 43.3. The highest BCUT2D eigenvalue weighted by atomic mass is 14.8. The Labute approximate surface area is 278 Å². The fraction of sp³-hybridized carbons (Fsp3) is 0.0889. The maximum Gasteiger partial charge on any atom is 0.0960 e. The average molecular weight is 607 g/mol. The molecule has 6 aromatic rings. The van der Waals surface area contributed by atoms with Crippen molar-refractivity contribution >= 4 is 41.2 Å². The number of nitrogens with zero attached hydrogens (tertiary/aromatic N) is 2. The normalized spacial score (nSPS) is 11.2. The lowest BCUT2D eigenvalue weighted by molar-refractivity contribution is 1.33. The summed E-state index contributed by atoms with van der Waals surface area (Å²) in [4.78, 5) is 9.42. The van der Waals surface area contributed by atoms with Crippen LogP contribution in [0.4, 0.5) is 11.4 Å². The maximum atomic E-state index is 4.99. The number of aliphatic imine (C=N–C) groups is 2. The second-order valence-electron chi connectivity index (χ2n) is 11.7. The van der Waals surface area contributed by atoms with Crippen molar-refractivity contribution in [3.05, 3.63) is 168 Å². The fourth-order valence-corrected chi connectivity index (χ4v) is 6.05. The minimum Gasteiger partial charge on any atom is -0.262 e. The van der Waals surface area contributed by atoms with Crippen molar-refractivity contribution in [3.63, 3.8) is 0 Å². The summed E-state index contributed by atoms with van der Waals surface area (Å²) in [7, 11) is 0. The smallest absolute Gasteiger partial charge is 0.0960 e. The molecule has 0 aliphatic rings. The molecule has 0 radical (unpaired) electrons. The molecule has 47 heavy (non-hydrogen) atoms. The van der Waals surface area contributed by atoms with Crippen LogP contribution < -0.4 is 0 Å². The van der Waals surface area contributed by atoms with Crippen molar-refractivity contribution in [3.8, 4) is 33.4 Å². The van der Waals surface area contributed by atoms with Gasteiger partial charge in [0, 0.05) is 18.0 Å². The van der Waals surface area contributed by atoms with Crippen molar-refractivity contribution in [1.29, 1.82) is 0 Å². The molecule has 228 valence electrons. The molecule has 0 unspecified atom stereocenters. The molecule has 0 spiro atoms. The lowest BCUT2D eigenvalue weighted by atomic mass is 9.95. The zero-order chi connectivity index (χ0) is 32.6. The summed E-state index contributed by atoms with van der Waals surface area (Å²) in [6.07, 6.45) is 10.6. The van der Waals surface area contributed by atoms with E-state index < -0.39 is 0 Å². The van der Waals surface area contributed by atoms with E-state index in [9.17, 15) is 0 Å². The van der Waals surface area contributed by atoms with Gasteiger partial charge in [0.2, 0.25) is 0 Å². The van der Waals surface area contributed by atoms with Crippen LogP contribution in [0.1, 0.15) is 29.2 Å². The van der Waals surface area contributed by atoms with Gasteiger partial charge in [-0.25, -0.2) is 0 Å². The molecule has 0 fully saturated rings. The number of hydrogen-bond donors (Lipinski definition) is 0. The third-order valence-corrected chi connectivity index (χ3v) is 8.44. The summed E-state index contributed by atoms with van der Waals surface area (Å²) < 4.78 is 0. The van der Waals surface area contributed by atoms with Crippen LogP contribution in [0.5, 0.6) is 0 Å². The van der Waals surface area contributed by atoms with Crippen molar-refractivity contribution in [2.24, 2.45) is 9.98 Å². The Hall–Kier alpha value is -5.82. The van der Waals surface area contributed by atoms with Gasteiger partial charge in [0.15, 0.2) is 0 Å². The molecule has 2 nitrogen and oxygen atoms in total. The van der Waals surface area contributed by atoms with Gasteiger partial charge in [0.05, 0.1) is 11.4 Å². The lowest BCUT2D eigenvalue weighted by Crippen LogP contribution is -1.90. The highest BCUT2D eigenvalue weighted by Crippen LogP contribution is 2.42. The van der Waals surface area contributed by atoms with Crippen molar-refractivity contribution in [1.82, 2.24) is 0 Å². The van der Waals surface area contributed by atoms with E-state index in [-0.39, 0.29) is 0 Å². The number of fused-ring (bicyclic) bond motifs is 1. The molecule has 0 saturated carbocycles. The molecule has 0 heterocycles. The molecule has 0 atom stereocenters. The molecular weight excluding hydrogens is 569 g/mol. The standard InChI is InChI=1S/C45H38N2/c1-5-6-7-8-23-41-33(3)44(45(46-4)43-25-10-9-24-42(41)43)47-27-26-34-16-12-18-36(29-34)38-20-14-22-40(31-38)39-21-13-19-37(30-39)35-17-11-15-32(2)28-35/h5-7,9-25,27-31H,4,26H2,1-3H3/b6-5-,47-27?. The van der Waals surface area contributed by atoms with Gasteiger partial charge >= 0.3 is 0 Å². The minimum atomic E-state index is 0.696. The van der Waals surface area contributed by atoms with Crippen molar-refractivity contribution in [2.75, 3.05) is 0 Å². The number of benzene rings is 6. The van der Waals surface area contributed by atoms with Gasteiger partial charge in [-0.2, -0.15) is 0 Å². The van der Waals surface area contributed by atoms with Crippen LogP contribution in [0.2, 0.25) is 0 Å². The van der Waals surface area contributed by atoms with Crippen LogP contribution >= 0.6 is 0 Å². The zero-order valence-corrected chi connectivity index (χ0v) is 27.2. The molecule has 0 aliphatic carbocycles. The van der Waals surface area contributed by atoms with Gasteiger partial charge in [0.1, 0.15) is 0 Å². The highest BCUT2D eigenvalue weighted by molar-refractivity contribution is 6.05. The molecule has 2 heteroatoms. The van der Waals surface area contributed by atoms with Crippen LogP contribution in [0.15, 0.2) is 155 Å². The second-order valence-corrected chi connectivity index (χ2v) is 11.7. The summed E-state index contributed by atoms with van der Waals surface area (Å²) in [5.41, 5.74) is 16.8. The van der Waals surface area contributed by atoms with Gasteiger partial charge in [-0.1, -0.05) is 127 Å². The topological polar surface area (TPSA) is 24.7 Å². The van der Waals surface area contributed by atoms with E-state index in [0.29, 0.717) is 6.42 Å². The van der Waals surface area contributed by atoms with E-state index in [1.54, 1.807) is 0 Å². The molecule has 0 aliphatic heterocycles. The quantitative estimate of drug-likeness (QED) is 0.0888. The SMILES string of the molecule is C=Nc1c(N=CCc2cccc(-c3cccc(-c4cccc(-c5cccc(C)c5)c4)c3)c2)c(C)c(C=C=C/C=C\C)c2ccccc12. The molecule has 0 aromatic heterocycles. The maximum absolute atomic E-state index is 4.99. The van der Waals surface area contributed by atoms with E-state index in [2.05, 4.69) is 147 Å². The number of hydrogen-bond acceptors (Lipinski definition) is 2. The Kier molecular flexibility index (Phi) is 9.63. The molecule has 6 rings (SSSR count). The highest BCUT2D eigenvalue weighted by Gasteiger charge is 2.14. The zero-order valence-electron chi connectivity index (χ0n) is 27.2. The first kappa shape index (κ1) is 31.2. The molecular formula is C45H38N2. The first-order chi connectivity index (χ1) is 23.1. The van der Waals surface area contributed by atoms with E-state index >= 15 is 0 Å². The molecule has 0 saturated heterocycles. The summed E-state index contributed by atoms with van der Waals surface area (Å²) >= 11 is 0. The average Bonchev–Trinajstić information content (AvgIpc) is 3.11. The Bertz CT molecular complexity index is 2210. The van der Waals surface area contributed by atoms with Crippen LogP contribution in [-0.2, 0) is 6.42 Å². The Morgan fingerprint density at radius 2 is 1.21 bits per heavy atom. The molecule has 6 aromatic carbocycles. The van der Waals surface area contributed by atoms with E-state index in [1.165, 1.54) is 44.5 Å². The van der Waals surface area contributed by atoms with Crippen LogP contribution in [-0.4, -0.2) is 12.9 Å². The summed E-state index contributed by atoms with van der Waals surface area (Å²) in [5, 5.41) is 2.15. The largest absolute Gasteiger partial charge is 0.262 e. The van der Waals surface area contributed by atoms with Crippen LogP contribution in [0, 0.1) is 13.8 Å². The van der Waals surface area contributed by atoms with E-state index in [0.717, 1.165) is 33.3 Å². The predicted octanol–water partition coefficient (Wildman–Crippen LogP) is 12.5. The third kappa shape index (κ3) is 7.05. The van der Waals surface area contributed by atoms with Crippen LogP contribution in [0.25, 0.3) is 50.2 Å². The fourth-order valence-electron chi connectivity index (χ4n) is 6.05. The van der Waals surface area contributed by atoms with Gasteiger partial charge in [-0.3, -0.25) is 9.98 Å². The van der Waals surface area contributed by atoms with Gasteiger partial charge in [-0.15, -0.1) is 5.73 Å². The molecule has 0 amide bonds. The Balaban J connectivity index is 1.28. The summed E-state index contributed by atoms with van der Waals surface area (Å²) in [6.45, 7) is 10.1. The molecule has 0 bridgehead atoms. The van der Waals surface area contributed by atoms with Crippen LogP contribution in [0.3, 0.4) is 0 Å². The van der Waals surface area contributed by atoms with E-state index in [1.807, 2.05) is 43.5 Å². The molecule has 0 N–H and O–H groups in total. The van der Waals surface area contributed by atoms with Gasteiger partial charge in [-0.05, 0) is 107 Å². The van der Waals surface area contributed by atoms with Crippen molar-refractivity contribution in [2.45, 2.75) is 27.2 Å². The first-order valence-corrected chi connectivity index (χ1v) is 16.0. The number of aryl methyl sites for hydroxylation is 1. The van der Waals surface area contributed by atoms with E-state index in [4.69, 9.17) is 4.99 Å². The lowest BCUT2D eigenvalue weighted by Gasteiger charge is -2.13. The predicted molar refractivity (Wildman–Crippen MR) is 205 cm³/mol. The minimum absolute atomic E-state index is 0.696. The monoisotopic (exact) mass is 606 g/mol. The summed E-state index contributed by atoms with van der Waals surface area (Å²) in [5.74, 6) is 0. The third-order valence-electron chi connectivity index (χ3n) is 8.44. The number of rotatable bonds is 9. The van der Waals surface area contributed by atoms with Gasteiger partial charge in [0.25, 0.3) is 0 Å². The number of allylic oxidation sites excluding steroid dienone is 3. The van der Waals surface area contributed by atoms with Gasteiger partial charge < -0.3 is 0 Å². The van der Waals surface area contributed by atoms with Crippen molar-refractivity contribution < 1.29 is 0 Å². The Morgan fingerprint density at radius 3 is 1.83 bits per heavy atom. The second kappa shape index (κ2) is 14.5.